The molecule has 0 aliphatic rings. The van der Waals surface area contributed by atoms with Crippen LogP contribution in [0.3, 0.4) is 0 Å². The van der Waals surface area contributed by atoms with Gasteiger partial charge in [0.05, 0.1) is 46.7 Å². The molecule has 0 saturated heterocycles. The first-order chi connectivity index (χ1) is 17.4. The summed E-state index contributed by atoms with van der Waals surface area (Å²) in [6.45, 7) is 5.60. The minimum Gasteiger partial charge on any atom is -0.472 e. The number of aromatic nitrogens is 6. The van der Waals surface area contributed by atoms with E-state index in [-0.39, 0.29) is 5.91 Å². The minimum atomic E-state index is -0.511. The summed E-state index contributed by atoms with van der Waals surface area (Å²) in [5, 5.41) is 10.5. The van der Waals surface area contributed by atoms with Crippen LogP contribution in [0.2, 0.25) is 0 Å². The molecule has 9 nitrogen and oxygen atoms in total. The van der Waals surface area contributed by atoms with E-state index < -0.39 is 5.41 Å². The fraction of sp³-hybridized carbons (Fsp3) is 0.148. The monoisotopic (exact) mass is 477 g/mol. The topological polar surface area (TPSA) is 125 Å². The summed E-state index contributed by atoms with van der Waals surface area (Å²) >= 11 is 0. The highest BCUT2D eigenvalue weighted by Crippen LogP contribution is 2.32. The van der Waals surface area contributed by atoms with Gasteiger partial charge in [0.1, 0.15) is 5.52 Å². The number of fused-ring (bicyclic) bond motifs is 2. The van der Waals surface area contributed by atoms with E-state index in [0.717, 1.165) is 33.2 Å². The third-order valence-corrected chi connectivity index (χ3v) is 5.95. The van der Waals surface area contributed by atoms with E-state index in [0.29, 0.717) is 28.4 Å². The molecular formula is C27H23N7O2. The Morgan fingerprint density at radius 2 is 1.86 bits per heavy atom. The summed E-state index contributed by atoms with van der Waals surface area (Å²) in [4.78, 5) is 29.8. The number of pyridine rings is 2. The molecule has 0 fully saturated rings. The predicted molar refractivity (Wildman–Crippen MR) is 138 cm³/mol. The maximum atomic E-state index is 12.4. The first kappa shape index (κ1) is 21.7. The van der Waals surface area contributed by atoms with Gasteiger partial charge in [0.15, 0.2) is 11.5 Å². The van der Waals surface area contributed by atoms with E-state index in [1.165, 1.54) is 0 Å². The molecule has 178 valence electrons. The Kier molecular flexibility index (Phi) is 4.92. The van der Waals surface area contributed by atoms with Crippen molar-refractivity contribution in [3.63, 3.8) is 0 Å². The quantitative estimate of drug-likeness (QED) is 0.294. The van der Waals surface area contributed by atoms with Gasteiger partial charge in [-0.2, -0.15) is 5.10 Å². The minimum absolute atomic E-state index is 0.0818. The Bertz CT molecular complexity index is 1720. The molecule has 5 aromatic heterocycles. The zero-order valence-corrected chi connectivity index (χ0v) is 20.0. The van der Waals surface area contributed by atoms with Crippen LogP contribution in [0.15, 0.2) is 71.8 Å². The number of hydrogen-bond donors (Lipinski definition) is 3. The van der Waals surface area contributed by atoms with Gasteiger partial charge in [0.2, 0.25) is 5.91 Å². The summed E-state index contributed by atoms with van der Waals surface area (Å²) in [6, 6.07) is 13.6. The molecule has 1 amide bonds. The smallest absolute Gasteiger partial charge is 0.229 e. The van der Waals surface area contributed by atoms with Crippen molar-refractivity contribution in [3.8, 4) is 33.9 Å². The van der Waals surface area contributed by atoms with Crippen LogP contribution in [0.5, 0.6) is 0 Å². The SMILES string of the molecule is CC(C)(C)C(=O)Nc1cncc(-c2ccc3[nH]nc(-c4nc5c(-c6ccoc6)cccc5[nH]4)c3n2)c1. The van der Waals surface area contributed by atoms with Crippen LogP contribution in [0.1, 0.15) is 20.8 Å². The van der Waals surface area contributed by atoms with Crippen LogP contribution >= 0.6 is 0 Å². The Morgan fingerprint density at radius 1 is 0.972 bits per heavy atom. The molecule has 0 unspecified atom stereocenters. The van der Waals surface area contributed by atoms with Gasteiger partial charge in [-0.05, 0) is 30.3 Å². The van der Waals surface area contributed by atoms with E-state index in [4.69, 9.17) is 14.4 Å². The maximum Gasteiger partial charge on any atom is 0.229 e. The van der Waals surface area contributed by atoms with Crippen LogP contribution in [0, 0.1) is 5.41 Å². The lowest BCUT2D eigenvalue weighted by Gasteiger charge is -2.17. The van der Waals surface area contributed by atoms with Gasteiger partial charge in [-0.25, -0.2) is 9.97 Å². The zero-order chi connectivity index (χ0) is 24.9. The average molecular weight is 478 g/mol. The van der Waals surface area contributed by atoms with Crippen LogP contribution in [-0.4, -0.2) is 36.0 Å². The number of carbonyl (C=O) groups excluding carboxylic acids is 1. The largest absolute Gasteiger partial charge is 0.472 e. The molecule has 0 bridgehead atoms. The molecule has 0 atom stereocenters. The van der Waals surface area contributed by atoms with E-state index >= 15 is 0 Å². The van der Waals surface area contributed by atoms with Crippen LogP contribution < -0.4 is 5.32 Å². The number of amides is 1. The number of H-pyrrole nitrogens is 2. The summed E-state index contributed by atoms with van der Waals surface area (Å²) in [5.41, 5.74) is 7.32. The van der Waals surface area contributed by atoms with Gasteiger partial charge < -0.3 is 14.7 Å². The lowest BCUT2D eigenvalue weighted by atomic mass is 9.95. The van der Waals surface area contributed by atoms with Crippen molar-refractivity contribution in [3.05, 3.63) is 67.4 Å². The van der Waals surface area contributed by atoms with Crippen molar-refractivity contribution >= 4 is 33.7 Å². The van der Waals surface area contributed by atoms with Crippen LogP contribution in [-0.2, 0) is 4.79 Å². The number of nitrogens with zero attached hydrogens (tertiary/aromatic N) is 4. The highest BCUT2D eigenvalue weighted by atomic mass is 16.3. The number of hydrogen-bond acceptors (Lipinski definition) is 6. The molecule has 0 aliphatic carbocycles. The second kappa shape index (κ2) is 8.16. The average Bonchev–Trinajstić information content (AvgIpc) is 3.62. The molecule has 1 aromatic carbocycles. The van der Waals surface area contributed by atoms with Gasteiger partial charge >= 0.3 is 0 Å². The standard InChI is InChI=1S/C27H23N7O2/c1-27(2,3)26(35)29-17-11-16(12-28-13-17)19-7-8-21-23(30-19)24(34-33-21)25-31-20-6-4-5-18(22(20)32-25)15-9-10-36-14-15/h4-14H,1-3H3,(H,29,35)(H,31,32)(H,33,34). The molecule has 0 spiro atoms. The molecule has 0 aliphatic heterocycles. The van der Waals surface area contributed by atoms with Crippen LogP contribution in [0.4, 0.5) is 5.69 Å². The molecule has 3 N–H and O–H groups in total. The van der Waals surface area contributed by atoms with Gasteiger partial charge in [-0.3, -0.25) is 14.9 Å². The Labute approximate surface area is 206 Å². The molecule has 5 heterocycles. The van der Waals surface area contributed by atoms with Crippen LogP contribution in [0.25, 0.3) is 56.0 Å². The van der Waals surface area contributed by atoms with Gasteiger partial charge in [-0.1, -0.05) is 32.9 Å². The fourth-order valence-electron chi connectivity index (χ4n) is 3.99. The van der Waals surface area contributed by atoms with Crippen molar-refractivity contribution in [1.82, 2.24) is 30.1 Å². The van der Waals surface area contributed by atoms with E-state index in [9.17, 15) is 4.79 Å². The van der Waals surface area contributed by atoms with Crippen molar-refractivity contribution in [2.75, 3.05) is 5.32 Å². The highest BCUT2D eigenvalue weighted by molar-refractivity contribution is 5.97. The van der Waals surface area contributed by atoms with Gasteiger partial charge in [-0.15, -0.1) is 0 Å². The van der Waals surface area contributed by atoms with Crippen molar-refractivity contribution in [2.45, 2.75) is 20.8 Å². The summed E-state index contributed by atoms with van der Waals surface area (Å²) in [5.74, 6) is 0.530. The Hall–Kier alpha value is -4.79. The van der Waals surface area contributed by atoms with Gasteiger partial charge in [0, 0.05) is 28.3 Å². The Balaban J connectivity index is 1.40. The number of rotatable bonds is 4. The first-order valence-corrected chi connectivity index (χ1v) is 11.5. The van der Waals surface area contributed by atoms with E-state index in [1.807, 2.05) is 63.2 Å². The number of para-hydroxylation sites is 1. The zero-order valence-electron chi connectivity index (χ0n) is 20.0. The molecule has 0 saturated carbocycles. The number of furan rings is 1. The number of benzene rings is 1. The maximum absolute atomic E-state index is 12.4. The number of aromatic amines is 2. The molecule has 6 rings (SSSR count). The van der Waals surface area contributed by atoms with E-state index in [2.05, 4.69) is 25.5 Å². The van der Waals surface area contributed by atoms with Gasteiger partial charge in [0.25, 0.3) is 0 Å². The number of anilines is 1. The van der Waals surface area contributed by atoms with Crippen molar-refractivity contribution in [1.29, 1.82) is 0 Å². The third kappa shape index (κ3) is 3.80. The predicted octanol–water partition coefficient (Wildman–Crippen LogP) is 5.81. The summed E-state index contributed by atoms with van der Waals surface area (Å²) in [6.07, 6.45) is 6.69. The fourth-order valence-corrected chi connectivity index (χ4v) is 3.99. The molecule has 0 radical (unpaired) electrons. The molecule has 9 heteroatoms. The second-order valence-electron chi connectivity index (χ2n) is 9.63. The molecular weight excluding hydrogens is 454 g/mol. The summed E-state index contributed by atoms with van der Waals surface area (Å²) < 4.78 is 5.26. The third-order valence-electron chi connectivity index (χ3n) is 5.95. The lowest BCUT2D eigenvalue weighted by Crippen LogP contribution is -2.27. The molecule has 36 heavy (non-hydrogen) atoms. The highest BCUT2D eigenvalue weighted by Gasteiger charge is 2.22. The second-order valence-corrected chi connectivity index (χ2v) is 9.63. The number of carbonyl (C=O) groups is 1. The lowest BCUT2D eigenvalue weighted by molar-refractivity contribution is -0.123. The number of imidazole rings is 1. The number of nitrogens with one attached hydrogen (secondary N) is 3. The molecule has 6 aromatic rings. The van der Waals surface area contributed by atoms with Crippen molar-refractivity contribution in [2.24, 2.45) is 5.41 Å². The Morgan fingerprint density at radius 3 is 2.67 bits per heavy atom. The first-order valence-electron chi connectivity index (χ1n) is 11.5. The van der Waals surface area contributed by atoms with Crippen molar-refractivity contribution < 1.29 is 9.21 Å². The normalized spacial score (nSPS) is 11.9. The van der Waals surface area contributed by atoms with E-state index in [1.54, 1.807) is 24.9 Å². The summed E-state index contributed by atoms with van der Waals surface area (Å²) in [7, 11) is 0.